The summed E-state index contributed by atoms with van der Waals surface area (Å²) in [4.78, 5) is 11.4. The number of hydrogen-bond donors (Lipinski definition) is 1. The summed E-state index contributed by atoms with van der Waals surface area (Å²) in [5.74, 6) is -0.202. The molecule has 0 amide bonds. The van der Waals surface area contributed by atoms with Crippen molar-refractivity contribution in [3.05, 3.63) is 0 Å². The van der Waals surface area contributed by atoms with Gasteiger partial charge in [-0.2, -0.15) is 4.39 Å². The van der Waals surface area contributed by atoms with Crippen LogP contribution < -0.4 is 5.32 Å². The zero-order valence-electron chi connectivity index (χ0n) is 9.46. The molecule has 0 aliphatic carbocycles. The molecule has 15 heavy (non-hydrogen) atoms. The van der Waals surface area contributed by atoms with Crippen LogP contribution in [-0.2, 0) is 9.53 Å². The Bertz CT molecular complexity index is 215. The van der Waals surface area contributed by atoms with Gasteiger partial charge < -0.3 is 10.1 Å². The molecule has 0 saturated carbocycles. The maximum Gasteiger partial charge on any atom is 0.323 e. The summed E-state index contributed by atoms with van der Waals surface area (Å²) in [7, 11) is 3.53. The van der Waals surface area contributed by atoms with E-state index in [1.54, 1.807) is 14.1 Å². The average molecular weight is 219 g/mol. The van der Waals surface area contributed by atoms with E-state index in [4.69, 9.17) is 4.74 Å². The number of nitrogens with one attached hydrogen (secondary N) is 1. The number of alkyl halides is 1. The minimum Gasteiger partial charge on any atom is -0.459 e. The van der Waals surface area contributed by atoms with Crippen molar-refractivity contribution in [2.75, 3.05) is 40.6 Å². The molecule has 1 heterocycles. The summed E-state index contributed by atoms with van der Waals surface area (Å²) in [6, 6.07) is -0.147. The van der Waals surface area contributed by atoms with E-state index in [1.807, 2.05) is 0 Å². The van der Waals surface area contributed by atoms with Crippen LogP contribution in [0.25, 0.3) is 0 Å². The molecule has 0 spiro atoms. The Morgan fingerprint density at radius 3 is 2.87 bits per heavy atom. The van der Waals surface area contributed by atoms with Crippen molar-refractivity contribution in [1.82, 2.24) is 5.32 Å². The van der Waals surface area contributed by atoms with Crippen LogP contribution >= 0.6 is 0 Å². The van der Waals surface area contributed by atoms with Gasteiger partial charge in [0.1, 0.15) is 19.2 Å². The SMILES string of the molecule is C[N+](C)(CF)CCOC(=O)C1CCCN1. The van der Waals surface area contributed by atoms with E-state index in [-0.39, 0.29) is 23.1 Å². The van der Waals surface area contributed by atoms with Gasteiger partial charge in [-0.15, -0.1) is 0 Å². The second-order valence-corrected chi connectivity index (χ2v) is 4.60. The molecular weight excluding hydrogens is 199 g/mol. The standard InChI is InChI=1S/C10H20FN2O2/c1-13(2,8-11)6-7-15-10(14)9-4-3-5-12-9/h9,12H,3-8H2,1-2H3/q+1. The number of quaternary nitrogens is 1. The highest BCUT2D eigenvalue weighted by molar-refractivity contribution is 5.76. The van der Waals surface area contributed by atoms with Crippen LogP contribution in [0.4, 0.5) is 4.39 Å². The number of halogens is 1. The maximum absolute atomic E-state index is 12.4. The molecule has 0 aromatic carbocycles. The fourth-order valence-corrected chi connectivity index (χ4v) is 1.44. The van der Waals surface area contributed by atoms with Gasteiger partial charge in [-0.25, -0.2) is 0 Å². The normalized spacial score (nSPS) is 21.7. The minimum atomic E-state index is -0.445. The fraction of sp³-hybridized carbons (Fsp3) is 0.900. The van der Waals surface area contributed by atoms with E-state index in [1.165, 1.54) is 0 Å². The molecule has 5 heteroatoms. The van der Waals surface area contributed by atoms with Crippen molar-refractivity contribution in [1.29, 1.82) is 0 Å². The molecule has 1 rings (SSSR count). The Hall–Kier alpha value is -0.680. The molecule has 1 aliphatic rings. The third kappa shape index (κ3) is 4.13. The van der Waals surface area contributed by atoms with E-state index in [0.29, 0.717) is 6.54 Å². The molecule has 88 valence electrons. The number of ether oxygens (including phenoxy) is 1. The van der Waals surface area contributed by atoms with Crippen molar-refractivity contribution in [2.24, 2.45) is 0 Å². The van der Waals surface area contributed by atoms with Gasteiger partial charge in [0.25, 0.3) is 0 Å². The predicted octanol–water partition coefficient (Wildman–Crippen LogP) is 0.285. The number of carbonyl (C=O) groups excluding carboxylic acids is 1. The Balaban J connectivity index is 2.16. The zero-order chi connectivity index (χ0) is 11.3. The van der Waals surface area contributed by atoms with Crippen LogP contribution in [0.15, 0.2) is 0 Å². The van der Waals surface area contributed by atoms with Crippen molar-refractivity contribution in [3.8, 4) is 0 Å². The topological polar surface area (TPSA) is 38.3 Å². The van der Waals surface area contributed by atoms with E-state index in [9.17, 15) is 9.18 Å². The van der Waals surface area contributed by atoms with Gasteiger partial charge in [-0.05, 0) is 19.4 Å². The second-order valence-electron chi connectivity index (χ2n) is 4.60. The highest BCUT2D eigenvalue weighted by Crippen LogP contribution is 2.06. The predicted molar refractivity (Wildman–Crippen MR) is 54.9 cm³/mol. The monoisotopic (exact) mass is 219 g/mol. The summed E-state index contributed by atoms with van der Waals surface area (Å²) in [6.07, 6.45) is 1.87. The Kier molecular flexibility index (Phi) is 4.47. The number of rotatable bonds is 5. The van der Waals surface area contributed by atoms with Crippen LogP contribution in [0.3, 0.4) is 0 Å². The lowest BCUT2D eigenvalue weighted by Crippen LogP contribution is -2.42. The lowest BCUT2D eigenvalue weighted by molar-refractivity contribution is -0.902. The first-order valence-corrected chi connectivity index (χ1v) is 5.33. The molecule has 1 N–H and O–H groups in total. The largest absolute Gasteiger partial charge is 0.459 e. The Morgan fingerprint density at radius 1 is 1.60 bits per heavy atom. The lowest BCUT2D eigenvalue weighted by atomic mass is 10.2. The third-order valence-electron chi connectivity index (χ3n) is 2.61. The van der Waals surface area contributed by atoms with Crippen molar-refractivity contribution in [3.63, 3.8) is 0 Å². The molecule has 0 aromatic heterocycles. The molecule has 1 unspecified atom stereocenters. The number of esters is 1. The smallest absolute Gasteiger partial charge is 0.323 e. The number of hydrogen-bond acceptors (Lipinski definition) is 3. The van der Waals surface area contributed by atoms with Crippen molar-refractivity contribution < 1.29 is 18.4 Å². The highest BCUT2D eigenvalue weighted by atomic mass is 19.1. The molecule has 0 radical (unpaired) electrons. The number of likely N-dealkylation sites (N-methyl/N-ethyl adjacent to an activating group) is 1. The Morgan fingerprint density at radius 2 is 2.33 bits per heavy atom. The van der Waals surface area contributed by atoms with Crippen LogP contribution in [0.1, 0.15) is 12.8 Å². The van der Waals surface area contributed by atoms with Gasteiger partial charge in [0.15, 0.2) is 0 Å². The number of carbonyl (C=O) groups is 1. The van der Waals surface area contributed by atoms with Gasteiger partial charge in [-0.1, -0.05) is 0 Å². The summed E-state index contributed by atoms with van der Waals surface area (Å²) in [5.41, 5.74) is 0. The van der Waals surface area contributed by atoms with Gasteiger partial charge in [0.2, 0.25) is 6.80 Å². The number of nitrogens with zero attached hydrogens (tertiary/aromatic N) is 1. The van der Waals surface area contributed by atoms with Gasteiger partial charge in [0, 0.05) is 0 Å². The quantitative estimate of drug-likeness (QED) is 0.410. The summed E-state index contributed by atoms with van der Waals surface area (Å²) in [5, 5.41) is 3.06. The summed E-state index contributed by atoms with van der Waals surface area (Å²) >= 11 is 0. The fourth-order valence-electron chi connectivity index (χ4n) is 1.44. The van der Waals surface area contributed by atoms with Crippen LogP contribution in [0.2, 0.25) is 0 Å². The zero-order valence-corrected chi connectivity index (χ0v) is 9.46. The lowest BCUT2D eigenvalue weighted by Gasteiger charge is -2.25. The minimum absolute atomic E-state index is 0.147. The van der Waals surface area contributed by atoms with Gasteiger partial charge in [0.05, 0.1) is 14.1 Å². The molecule has 1 saturated heterocycles. The molecule has 0 aromatic rings. The molecular formula is C10H20FN2O2+. The summed E-state index contributed by atoms with van der Waals surface area (Å²) < 4.78 is 17.7. The van der Waals surface area contributed by atoms with E-state index in [0.717, 1.165) is 19.4 Å². The van der Waals surface area contributed by atoms with Crippen molar-refractivity contribution >= 4 is 5.97 Å². The van der Waals surface area contributed by atoms with E-state index in [2.05, 4.69) is 5.32 Å². The average Bonchev–Trinajstić information content (AvgIpc) is 2.70. The van der Waals surface area contributed by atoms with Crippen LogP contribution in [-0.4, -0.2) is 57.1 Å². The summed E-state index contributed by atoms with van der Waals surface area (Å²) in [6.45, 7) is 1.23. The maximum atomic E-state index is 12.4. The van der Waals surface area contributed by atoms with Crippen molar-refractivity contribution in [2.45, 2.75) is 18.9 Å². The van der Waals surface area contributed by atoms with Crippen LogP contribution in [0, 0.1) is 0 Å². The molecule has 0 bridgehead atoms. The molecule has 1 fully saturated rings. The highest BCUT2D eigenvalue weighted by Gasteiger charge is 2.24. The van der Waals surface area contributed by atoms with Crippen LogP contribution in [0.5, 0.6) is 0 Å². The van der Waals surface area contributed by atoms with Gasteiger partial charge in [-0.3, -0.25) is 9.28 Å². The molecule has 1 aliphatic heterocycles. The second kappa shape index (κ2) is 5.42. The molecule has 4 nitrogen and oxygen atoms in total. The first-order valence-electron chi connectivity index (χ1n) is 5.33. The molecule has 1 atom stereocenters. The Labute approximate surface area is 90.0 Å². The first kappa shape index (κ1) is 12.4. The van der Waals surface area contributed by atoms with Gasteiger partial charge >= 0.3 is 5.97 Å². The van der Waals surface area contributed by atoms with E-state index < -0.39 is 6.80 Å². The third-order valence-corrected chi connectivity index (χ3v) is 2.61. The van der Waals surface area contributed by atoms with E-state index >= 15 is 0 Å². The first-order chi connectivity index (χ1) is 7.05.